The molecule has 6 heteroatoms. The van der Waals surface area contributed by atoms with Gasteiger partial charge in [0.25, 0.3) is 5.91 Å². The lowest BCUT2D eigenvalue weighted by atomic mass is 10.2. The first kappa shape index (κ1) is 13.0. The zero-order valence-corrected chi connectivity index (χ0v) is 10.1. The molecule has 0 aliphatic rings. The van der Waals surface area contributed by atoms with Gasteiger partial charge in [0, 0.05) is 6.08 Å². The van der Waals surface area contributed by atoms with Crippen LogP contribution < -0.4 is 5.73 Å². The standard InChI is InChI=1S/C11H15N3O3/c1-4-6-8(15)14-10(12)9(7(3)13-14)11(16)17-5-2/h4,6H,5,12H2,1-3H3/b6-4+. The smallest absolute Gasteiger partial charge is 0.343 e. The zero-order valence-electron chi connectivity index (χ0n) is 10.1. The van der Waals surface area contributed by atoms with Gasteiger partial charge in [0.05, 0.1) is 12.3 Å². The topological polar surface area (TPSA) is 87.2 Å². The first-order valence-electron chi connectivity index (χ1n) is 5.22. The lowest BCUT2D eigenvalue weighted by Crippen LogP contribution is -2.14. The molecular formula is C11H15N3O3. The van der Waals surface area contributed by atoms with Crippen LogP contribution in [0.4, 0.5) is 5.82 Å². The average molecular weight is 237 g/mol. The van der Waals surface area contributed by atoms with E-state index in [0.29, 0.717) is 5.69 Å². The minimum Gasteiger partial charge on any atom is -0.462 e. The number of nitrogens with two attached hydrogens (primary N) is 1. The maximum Gasteiger partial charge on any atom is 0.343 e. The summed E-state index contributed by atoms with van der Waals surface area (Å²) in [5, 5.41) is 3.92. The van der Waals surface area contributed by atoms with Gasteiger partial charge in [-0.25, -0.2) is 4.79 Å². The fourth-order valence-corrected chi connectivity index (χ4v) is 1.38. The normalized spacial score (nSPS) is 10.8. The number of allylic oxidation sites excluding steroid dienone is 2. The molecule has 0 saturated carbocycles. The molecule has 0 amide bonds. The predicted octanol–water partition coefficient (Wildman–Crippen LogP) is 1.17. The van der Waals surface area contributed by atoms with Crippen LogP contribution in [0.3, 0.4) is 0 Å². The van der Waals surface area contributed by atoms with E-state index in [2.05, 4.69) is 5.10 Å². The van der Waals surface area contributed by atoms with Gasteiger partial charge in [-0.15, -0.1) is 0 Å². The second kappa shape index (κ2) is 5.29. The van der Waals surface area contributed by atoms with Gasteiger partial charge in [-0.05, 0) is 20.8 Å². The van der Waals surface area contributed by atoms with Crippen LogP contribution in [-0.4, -0.2) is 28.3 Å². The minimum absolute atomic E-state index is 0.00375. The Morgan fingerprint density at radius 2 is 2.18 bits per heavy atom. The molecule has 6 nitrogen and oxygen atoms in total. The molecule has 0 spiro atoms. The van der Waals surface area contributed by atoms with Crippen molar-refractivity contribution in [2.45, 2.75) is 20.8 Å². The molecule has 1 heterocycles. The summed E-state index contributed by atoms with van der Waals surface area (Å²) in [6, 6.07) is 0. The number of ether oxygens (including phenoxy) is 1. The van der Waals surface area contributed by atoms with E-state index in [1.54, 1.807) is 26.8 Å². The summed E-state index contributed by atoms with van der Waals surface area (Å²) in [5.74, 6) is -0.963. The van der Waals surface area contributed by atoms with E-state index < -0.39 is 11.9 Å². The highest BCUT2D eigenvalue weighted by Gasteiger charge is 2.22. The Bertz CT molecular complexity index is 475. The van der Waals surface area contributed by atoms with Crippen molar-refractivity contribution in [3.8, 4) is 0 Å². The molecule has 0 radical (unpaired) electrons. The molecule has 0 fully saturated rings. The van der Waals surface area contributed by atoms with E-state index in [-0.39, 0.29) is 18.0 Å². The first-order chi connectivity index (χ1) is 8.02. The van der Waals surface area contributed by atoms with Crippen molar-refractivity contribution in [2.75, 3.05) is 12.3 Å². The number of hydrogen-bond acceptors (Lipinski definition) is 5. The Hall–Kier alpha value is -2.11. The zero-order chi connectivity index (χ0) is 13.0. The maximum absolute atomic E-state index is 11.6. The fourth-order valence-electron chi connectivity index (χ4n) is 1.38. The van der Waals surface area contributed by atoms with Crippen LogP contribution in [0, 0.1) is 6.92 Å². The molecule has 0 aliphatic carbocycles. The Labute approximate surface area is 99.0 Å². The molecule has 0 bridgehead atoms. The summed E-state index contributed by atoms with van der Waals surface area (Å²) in [4.78, 5) is 23.2. The number of carbonyl (C=O) groups is 2. The average Bonchev–Trinajstić information content (AvgIpc) is 2.55. The van der Waals surface area contributed by atoms with E-state index in [0.717, 1.165) is 4.68 Å². The highest BCUT2D eigenvalue weighted by atomic mass is 16.5. The Morgan fingerprint density at radius 1 is 1.53 bits per heavy atom. The van der Waals surface area contributed by atoms with Gasteiger partial charge in [0.2, 0.25) is 0 Å². The van der Waals surface area contributed by atoms with Crippen molar-refractivity contribution in [1.82, 2.24) is 9.78 Å². The molecule has 0 atom stereocenters. The minimum atomic E-state index is -0.568. The van der Waals surface area contributed by atoms with Crippen LogP contribution in [0.2, 0.25) is 0 Å². The van der Waals surface area contributed by atoms with Gasteiger partial charge in [0.15, 0.2) is 0 Å². The van der Waals surface area contributed by atoms with E-state index in [4.69, 9.17) is 10.5 Å². The van der Waals surface area contributed by atoms with Crippen LogP contribution in [0.1, 0.15) is 34.7 Å². The number of rotatable bonds is 3. The number of aryl methyl sites for hydroxylation is 1. The summed E-state index contributed by atoms with van der Waals surface area (Å²) in [5.41, 5.74) is 6.23. The van der Waals surface area contributed by atoms with Crippen LogP contribution in [0.25, 0.3) is 0 Å². The molecule has 2 N–H and O–H groups in total. The summed E-state index contributed by atoms with van der Waals surface area (Å²) in [6.45, 7) is 5.24. The lowest BCUT2D eigenvalue weighted by molar-refractivity contribution is 0.0527. The SMILES string of the molecule is C/C=C/C(=O)n1nc(C)c(C(=O)OCC)c1N. The van der Waals surface area contributed by atoms with Gasteiger partial charge >= 0.3 is 5.97 Å². The van der Waals surface area contributed by atoms with Crippen LogP contribution in [0.5, 0.6) is 0 Å². The third-order valence-corrected chi connectivity index (χ3v) is 2.09. The highest BCUT2D eigenvalue weighted by molar-refractivity contribution is 5.99. The molecule has 1 aromatic heterocycles. The molecular weight excluding hydrogens is 222 g/mol. The number of nitrogens with zero attached hydrogens (tertiary/aromatic N) is 2. The third kappa shape index (κ3) is 2.52. The summed E-state index contributed by atoms with van der Waals surface area (Å²) in [6.07, 6.45) is 2.89. The van der Waals surface area contributed by atoms with Gasteiger partial charge in [-0.1, -0.05) is 6.08 Å². The number of esters is 1. The largest absolute Gasteiger partial charge is 0.462 e. The van der Waals surface area contributed by atoms with E-state index in [1.165, 1.54) is 6.08 Å². The summed E-state index contributed by atoms with van der Waals surface area (Å²) < 4.78 is 5.83. The quantitative estimate of drug-likeness (QED) is 0.629. The van der Waals surface area contributed by atoms with Crippen molar-refractivity contribution in [3.05, 3.63) is 23.4 Å². The van der Waals surface area contributed by atoms with Crippen molar-refractivity contribution in [1.29, 1.82) is 0 Å². The van der Waals surface area contributed by atoms with Gasteiger partial charge in [-0.2, -0.15) is 9.78 Å². The van der Waals surface area contributed by atoms with Gasteiger partial charge in [0.1, 0.15) is 11.4 Å². The molecule has 0 aromatic carbocycles. The maximum atomic E-state index is 11.6. The Balaban J connectivity index is 3.18. The summed E-state index contributed by atoms with van der Waals surface area (Å²) in [7, 11) is 0. The van der Waals surface area contributed by atoms with E-state index in [1.807, 2.05) is 0 Å². The molecule has 1 aromatic rings. The molecule has 0 saturated heterocycles. The Morgan fingerprint density at radius 3 is 2.71 bits per heavy atom. The second-order valence-corrected chi connectivity index (χ2v) is 3.32. The molecule has 17 heavy (non-hydrogen) atoms. The van der Waals surface area contributed by atoms with Crippen molar-refractivity contribution in [2.24, 2.45) is 0 Å². The van der Waals surface area contributed by atoms with Crippen molar-refractivity contribution >= 4 is 17.7 Å². The number of anilines is 1. The third-order valence-electron chi connectivity index (χ3n) is 2.09. The number of hydrogen-bond donors (Lipinski definition) is 1. The fraction of sp³-hybridized carbons (Fsp3) is 0.364. The monoisotopic (exact) mass is 237 g/mol. The number of carbonyl (C=O) groups excluding carboxylic acids is 2. The van der Waals surface area contributed by atoms with Crippen LogP contribution >= 0.6 is 0 Å². The predicted molar refractivity (Wildman–Crippen MR) is 62.8 cm³/mol. The highest BCUT2D eigenvalue weighted by Crippen LogP contribution is 2.17. The van der Waals surface area contributed by atoms with E-state index >= 15 is 0 Å². The van der Waals surface area contributed by atoms with E-state index in [9.17, 15) is 9.59 Å². The molecule has 0 unspecified atom stereocenters. The second-order valence-electron chi connectivity index (χ2n) is 3.32. The number of aromatic nitrogens is 2. The molecule has 0 aliphatic heterocycles. The summed E-state index contributed by atoms with van der Waals surface area (Å²) >= 11 is 0. The molecule has 92 valence electrons. The Kier molecular flexibility index (Phi) is 4.03. The van der Waals surface area contributed by atoms with Gasteiger partial charge < -0.3 is 10.5 Å². The number of nitrogen functional groups attached to an aromatic ring is 1. The van der Waals surface area contributed by atoms with Crippen LogP contribution in [0.15, 0.2) is 12.2 Å². The van der Waals surface area contributed by atoms with Crippen molar-refractivity contribution < 1.29 is 14.3 Å². The van der Waals surface area contributed by atoms with Crippen molar-refractivity contribution in [3.63, 3.8) is 0 Å². The first-order valence-corrected chi connectivity index (χ1v) is 5.22. The lowest BCUT2D eigenvalue weighted by Gasteiger charge is -2.01. The van der Waals surface area contributed by atoms with Gasteiger partial charge in [-0.3, -0.25) is 4.79 Å². The molecule has 1 rings (SSSR count). The van der Waals surface area contributed by atoms with Crippen LogP contribution in [-0.2, 0) is 4.74 Å².